The predicted octanol–water partition coefficient (Wildman–Crippen LogP) is 6.17. The summed E-state index contributed by atoms with van der Waals surface area (Å²) in [6, 6.07) is 9.47. The number of aliphatic hydroxyl groups is 1. The second-order valence-corrected chi connectivity index (χ2v) is 7.76. The van der Waals surface area contributed by atoms with Crippen LogP contribution in [0.4, 0.5) is 0 Å². The van der Waals surface area contributed by atoms with E-state index < -0.39 is 0 Å². The van der Waals surface area contributed by atoms with Gasteiger partial charge in [-0.05, 0) is 18.4 Å². The molecule has 0 heterocycles. The molecule has 1 aromatic carbocycles. The number of carbonyl (C=O) groups excluding carboxylic acids is 1. The molecule has 1 unspecified atom stereocenters. The van der Waals surface area contributed by atoms with E-state index in [1.54, 1.807) is 0 Å². The van der Waals surface area contributed by atoms with Gasteiger partial charge in [-0.25, -0.2) is 0 Å². The molecular formula is C24H41NO2. The van der Waals surface area contributed by atoms with Crippen LogP contribution in [0.3, 0.4) is 0 Å². The van der Waals surface area contributed by atoms with E-state index in [0.29, 0.717) is 0 Å². The van der Waals surface area contributed by atoms with Crippen molar-refractivity contribution >= 4 is 5.91 Å². The van der Waals surface area contributed by atoms with Crippen LogP contribution in [0.2, 0.25) is 0 Å². The summed E-state index contributed by atoms with van der Waals surface area (Å²) >= 11 is 0. The molecule has 0 spiro atoms. The fourth-order valence-electron chi connectivity index (χ4n) is 3.60. The number of hydrogen-bond acceptors (Lipinski definition) is 2. The molecule has 2 atom stereocenters. The third-order valence-electron chi connectivity index (χ3n) is 5.38. The summed E-state index contributed by atoms with van der Waals surface area (Å²) in [4.78, 5) is 12.9. The van der Waals surface area contributed by atoms with Gasteiger partial charge in [0.25, 0.3) is 0 Å². The molecule has 1 rings (SSSR count). The van der Waals surface area contributed by atoms with Crippen molar-refractivity contribution in [3.63, 3.8) is 0 Å². The van der Waals surface area contributed by atoms with Crippen molar-refractivity contribution in [2.24, 2.45) is 5.92 Å². The van der Waals surface area contributed by atoms with Crippen LogP contribution in [0.5, 0.6) is 0 Å². The maximum atomic E-state index is 12.9. The highest BCUT2D eigenvalue weighted by molar-refractivity contribution is 5.79. The zero-order valence-corrected chi connectivity index (χ0v) is 17.6. The van der Waals surface area contributed by atoms with Gasteiger partial charge >= 0.3 is 0 Å². The highest BCUT2D eigenvalue weighted by atomic mass is 16.3. The van der Waals surface area contributed by atoms with Crippen LogP contribution in [0.1, 0.15) is 103 Å². The lowest BCUT2D eigenvalue weighted by Gasteiger charge is -2.22. The van der Waals surface area contributed by atoms with Gasteiger partial charge in [-0.3, -0.25) is 4.79 Å². The van der Waals surface area contributed by atoms with Gasteiger partial charge in [0.1, 0.15) is 0 Å². The minimum absolute atomic E-state index is 0.0602. The number of benzene rings is 1. The quantitative estimate of drug-likeness (QED) is 0.339. The molecule has 0 aliphatic carbocycles. The van der Waals surface area contributed by atoms with Gasteiger partial charge in [0.05, 0.1) is 12.6 Å². The average molecular weight is 376 g/mol. The van der Waals surface area contributed by atoms with E-state index in [2.05, 4.69) is 19.2 Å². The van der Waals surface area contributed by atoms with E-state index in [1.807, 2.05) is 30.3 Å². The monoisotopic (exact) mass is 375 g/mol. The first-order valence-electron chi connectivity index (χ1n) is 11.2. The fourth-order valence-corrected chi connectivity index (χ4v) is 3.60. The first kappa shape index (κ1) is 23.7. The number of rotatable bonds is 16. The average Bonchev–Trinajstić information content (AvgIpc) is 2.70. The van der Waals surface area contributed by atoms with Crippen molar-refractivity contribution in [2.45, 2.75) is 96.9 Å². The summed E-state index contributed by atoms with van der Waals surface area (Å²) in [5.41, 5.74) is 0.970. The van der Waals surface area contributed by atoms with Gasteiger partial charge in [0.2, 0.25) is 5.91 Å². The summed E-state index contributed by atoms with van der Waals surface area (Å²) in [7, 11) is 0. The van der Waals surface area contributed by atoms with Crippen LogP contribution in [-0.2, 0) is 4.79 Å². The molecule has 0 fully saturated rings. The Hall–Kier alpha value is -1.35. The van der Waals surface area contributed by atoms with Crippen LogP contribution < -0.4 is 5.32 Å². The molecule has 1 amide bonds. The van der Waals surface area contributed by atoms with Crippen LogP contribution in [0.25, 0.3) is 0 Å². The van der Waals surface area contributed by atoms with Crippen molar-refractivity contribution in [1.29, 1.82) is 0 Å². The minimum atomic E-state index is -0.304. The van der Waals surface area contributed by atoms with E-state index in [-0.39, 0.29) is 24.5 Å². The standard InChI is InChI=1S/C24H41NO2/c1-3-5-7-9-10-13-19-22(18-12-8-6-4-2)24(27)25-23(20-26)21-16-14-11-15-17-21/h11,14-17,22-23,26H,3-10,12-13,18-20H2,1-2H3,(H,25,27)/t22?,23-/m0/s1. The van der Waals surface area contributed by atoms with Crippen molar-refractivity contribution in [3.8, 4) is 0 Å². The molecular weight excluding hydrogens is 334 g/mol. The Bertz CT molecular complexity index is 475. The lowest BCUT2D eigenvalue weighted by atomic mass is 9.93. The third-order valence-corrected chi connectivity index (χ3v) is 5.38. The summed E-state index contributed by atoms with van der Waals surface area (Å²) in [5, 5.41) is 12.8. The molecule has 0 saturated heterocycles. The lowest BCUT2D eigenvalue weighted by Crippen LogP contribution is -2.35. The molecule has 0 radical (unpaired) electrons. The predicted molar refractivity (Wildman–Crippen MR) is 115 cm³/mol. The number of carbonyl (C=O) groups is 1. The molecule has 1 aromatic rings. The summed E-state index contributed by atoms with van der Waals surface area (Å²) in [6.45, 7) is 4.39. The summed E-state index contributed by atoms with van der Waals surface area (Å²) < 4.78 is 0. The van der Waals surface area contributed by atoms with Crippen molar-refractivity contribution in [3.05, 3.63) is 35.9 Å². The number of hydrogen-bond donors (Lipinski definition) is 2. The van der Waals surface area contributed by atoms with Gasteiger partial charge in [0.15, 0.2) is 0 Å². The zero-order valence-electron chi connectivity index (χ0n) is 17.6. The van der Waals surface area contributed by atoms with Crippen molar-refractivity contribution < 1.29 is 9.90 Å². The van der Waals surface area contributed by atoms with Crippen LogP contribution >= 0.6 is 0 Å². The Kier molecular flexibility index (Phi) is 13.8. The molecule has 154 valence electrons. The lowest BCUT2D eigenvalue weighted by molar-refractivity contribution is -0.126. The van der Waals surface area contributed by atoms with Gasteiger partial charge in [-0.15, -0.1) is 0 Å². The van der Waals surface area contributed by atoms with Crippen LogP contribution in [0, 0.1) is 5.92 Å². The third kappa shape index (κ3) is 10.5. The van der Waals surface area contributed by atoms with Crippen LogP contribution in [-0.4, -0.2) is 17.6 Å². The second-order valence-electron chi connectivity index (χ2n) is 7.76. The molecule has 0 aliphatic heterocycles. The SMILES string of the molecule is CCCCCCCCC(CCCCCC)C(=O)N[C@@H](CO)c1ccccc1. The molecule has 3 nitrogen and oxygen atoms in total. The Morgan fingerprint density at radius 2 is 1.37 bits per heavy atom. The first-order valence-corrected chi connectivity index (χ1v) is 11.2. The van der Waals surface area contributed by atoms with E-state index in [9.17, 15) is 9.90 Å². The number of nitrogens with one attached hydrogen (secondary N) is 1. The molecule has 0 aliphatic rings. The minimum Gasteiger partial charge on any atom is -0.394 e. The fraction of sp³-hybridized carbons (Fsp3) is 0.708. The normalized spacial score (nSPS) is 13.3. The molecule has 0 aromatic heterocycles. The molecule has 0 saturated carbocycles. The Morgan fingerprint density at radius 1 is 0.852 bits per heavy atom. The van der Waals surface area contributed by atoms with E-state index in [0.717, 1.165) is 31.2 Å². The molecule has 3 heteroatoms. The van der Waals surface area contributed by atoms with E-state index in [1.165, 1.54) is 51.4 Å². The molecule has 0 bridgehead atoms. The highest BCUT2D eigenvalue weighted by Crippen LogP contribution is 2.21. The topological polar surface area (TPSA) is 49.3 Å². The maximum absolute atomic E-state index is 12.9. The number of amides is 1. The second kappa shape index (κ2) is 15.7. The maximum Gasteiger partial charge on any atom is 0.223 e. The summed E-state index contributed by atoms with van der Waals surface area (Å²) in [5.74, 6) is 0.189. The Labute approximate surface area is 167 Å². The zero-order chi connectivity index (χ0) is 19.7. The van der Waals surface area contributed by atoms with Gasteiger partial charge in [-0.1, -0.05) is 108 Å². The number of unbranched alkanes of at least 4 members (excludes halogenated alkanes) is 8. The van der Waals surface area contributed by atoms with E-state index in [4.69, 9.17) is 0 Å². The Balaban J connectivity index is 2.53. The smallest absolute Gasteiger partial charge is 0.223 e. The largest absolute Gasteiger partial charge is 0.394 e. The first-order chi connectivity index (χ1) is 13.2. The van der Waals surface area contributed by atoms with E-state index >= 15 is 0 Å². The van der Waals surface area contributed by atoms with Gasteiger partial charge in [0, 0.05) is 5.92 Å². The number of aliphatic hydroxyl groups excluding tert-OH is 1. The summed E-state index contributed by atoms with van der Waals surface area (Å²) in [6.07, 6.45) is 14.3. The highest BCUT2D eigenvalue weighted by Gasteiger charge is 2.21. The van der Waals surface area contributed by atoms with Gasteiger partial charge in [-0.2, -0.15) is 0 Å². The van der Waals surface area contributed by atoms with Crippen molar-refractivity contribution in [1.82, 2.24) is 5.32 Å². The van der Waals surface area contributed by atoms with Gasteiger partial charge < -0.3 is 10.4 Å². The molecule has 27 heavy (non-hydrogen) atoms. The Morgan fingerprint density at radius 3 is 1.93 bits per heavy atom. The molecule has 2 N–H and O–H groups in total. The van der Waals surface area contributed by atoms with Crippen molar-refractivity contribution in [2.75, 3.05) is 6.61 Å². The van der Waals surface area contributed by atoms with Crippen LogP contribution in [0.15, 0.2) is 30.3 Å².